The number of carbonyl (C=O) groups excluding carboxylic acids is 1. The average molecular weight is 330 g/mol. The smallest absolute Gasteiger partial charge is 0.549 e. The van der Waals surface area contributed by atoms with E-state index in [1.165, 1.54) is 0 Å². The first kappa shape index (κ1) is 23.3. The van der Waals surface area contributed by atoms with E-state index in [9.17, 15) is 36.2 Å². The molecule has 0 saturated carbocycles. The van der Waals surface area contributed by atoms with Gasteiger partial charge in [0.1, 0.15) is 0 Å². The molecular weight excluding hydrogens is 313 g/mol. The molecule has 2 nitrogen and oxygen atoms in total. The van der Waals surface area contributed by atoms with E-state index in [0.717, 1.165) is 12.8 Å². The monoisotopic (exact) mass is 330 g/mol. The number of unbranched alkanes of at least 4 members (excludes halogenated alkanes) is 5. The van der Waals surface area contributed by atoms with Gasteiger partial charge in [-0.25, -0.2) is 0 Å². The van der Waals surface area contributed by atoms with Crippen LogP contribution in [-0.2, 0) is 4.79 Å². The minimum absolute atomic E-state index is 0. The van der Waals surface area contributed by atoms with Crippen LogP contribution in [0, 0.1) is 5.41 Å². The van der Waals surface area contributed by atoms with Gasteiger partial charge in [-0.05, 0) is 6.42 Å². The maximum absolute atomic E-state index is 12.6. The molecule has 0 atom stereocenters. The summed E-state index contributed by atoms with van der Waals surface area (Å²) in [5, 5.41) is 10.5. The Bertz CT molecular complexity index is 300. The maximum atomic E-state index is 12.6. The number of rotatable bonds is 8. The van der Waals surface area contributed by atoms with Crippen LogP contribution in [0.3, 0.4) is 0 Å². The predicted molar refractivity (Wildman–Crippen MR) is 57.5 cm³/mol. The number of hydrogen-bond acceptors (Lipinski definition) is 2. The van der Waals surface area contributed by atoms with Crippen molar-refractivity contribution < 1.29 is 65.8 Å². The summed E-state index contributed by atoms with van der Waals surface area (Å²) in [7, 11) is 0. The largest absolute Gasteiger partial charge is 1.00 e. The SMILES string of the molecule is CCCCCCCCC(C(=O)[O-])(C(F)(F)F)C(F)(F)F.[Na+]. The van der Waals surface area contributed by atoms with E-state index < -0.39 is 36.6 Å². The number of halogens is 6. The molecule has 0 aromatic carbocycles. The van der Waals surface area contributed by atoms with Crippen LogP contribution in [0.5, 0.6) is 0 Å². The van der Waals surface area contributed by atoms with Crippen molar-refractivity contribution in [3.05, 3.63) is 0 Å². The molecule has 0 bridgehead atoms. The standard InChI is InChI=1S/C12H18F6O2.Na/c1-2-3-4-5-6-7-8-10(9(19)20,11(13,14)15)12(16,17)18;/h2-8H2,1H3,(H,19,20);/q;+1/p-1. The molecule has 0 spiro atoms. The molecule has 0 radical (unpaired) electrons. The molecule has 9 heteroatoms. The van der Waals surface area contributed by atoms with Crippen LogP contribution in [0.15, 0.2) is 0 Å². The summed E-state index contributed by atoms with van der Waals surface area (Å²) in [6.45, 7) is 1.91. The van der Waals surface area contributed by atoms with Crippen molar-refractivity contribution in [2.24, 2.45) is 5.41 Å². The van der Waals surface area contributed by atoms with Gasteiger partial charge >= 0.3 is 41.9 Å². The van der Waals surface area contributed by atoms with Crippen LogP contribution in [0.4, 0.5) is 26.3 Å². The minimum atomic E-state index is -5.92. The zero-order valence-electron chi connectivity index (χ0n) is 12.0. The number of alkyl halides is 6. The summed E-state index contributed by atoms with van der Waals surface area (Å²) < 4.78 is 75.7. The fraction of sp³-hybridized carbons (Fsp3) is 0.917. The predicted octanol–water partition coefficient (Wildman–Crippen LogP) is 0.602. The van der Waals surface area contributed by atoms with Gasteiger partial charge in [0.25, 0.3) is 0 Å². The van der Waals surface area contributed by atoms with Crippen molar-refractivity contribution in [3.8, 4) is 0 Å². The molecule has 0 saturated heterocycles. The fourth-order valence-corrected chi connectivity index (χ4v) is 1.95. The fourth-order valence-electron chi connectivity index (χ4n) is 1.95. The van der Waals surface area contributed by atoms with Crippen molar-refractivity contribution >= 4 is 5.97 Å². The molecule has 0 unspecified atom stereocenters. The summed E-state index contributed by atoms with van der Waals surface area (Å²) in [4.78, 5) is 10.5. The number of carboxylic acid groups (broad SMARTS) is 1. The van der Waals surface area contributed by atoms with Gasteiger partial charge < -0.3 is 9.90 Å². The van der Waals surface area contributed by atoms with Crippen LogP contribution in [0.1, 0.15) is 51.9 Å². The Kier molecular flexibility index (Phi) is 10.3. The van der Waals surface area contributed by atoms with Crippen molar-refractivity contribution in [1.82, 2.24) is 0 Å². The topological polar surface area (TPSA) is 40.1 Å². The first-order valence-electron chi connectivity index (χ1n) is 6.35. The van der Waals surface area contributed by atoms with E-state index in [1.807, 2.05) is 6.92 Å². The zero-order valence-corrected chi connectivity index (χ0v) is 14.0. The molecular formula is C12H17F6NaO2. The Morgan fingerprint density at radius 3 is 1.57 bits per heavy atom. The van der Waals surface area contributed by atoms with Gasteiger partial charge in [0.15, 0.2) is 5.41 Å². The summed E-state index contributed by atoms with van der Waals surface area (Å²) in [5.74, 6) is -3.13. The molecule has 0 aliphatic rings. The summed E-state index contributed by atoms with van der Waals surface area (Å²) in [6, 6.07) is 0. The van der Waals surface area contributed by atoms with Gasteiger partial charge in [-0.15, -0.1) is 0 Å². The third-order valence-corrected chi connectivity index (χ3v) is 3.22. The molecule has 21 heavy (non-hydrogen) atoms. The molecule has 0 heterocycles. The van der Waals surface area contributed by atoms with Crippen molar-refractivity contribution in [2.45, 2.75) is 64.2 Å². The molecule has 0 aromatic heterocycles. The first-order valence-corrected chi connectivity index (χ1v) is 6.35. The van der Waals surface area contributed by atoms with E-state index >= 15 is 0 Å². The average Bonchev–Trinajstić information content (AvgIpc) is 2.23. The number of aliphatic carboxylic acids is 1. The first-order chi connectivity index (χ1) is 9.00. The van der Waals surface area contributed by atoms with Crippen LogP contribution >= 0.6 is 0 Å². The van der Waals surface area contributed by atoms with Crippen molar-refractivity contribution in [2.75, 3.05) is 0 Å². The second kappa shape index (κ2) is 9.25. The summed E-state index contributed by atoms with van der Waals surface area (Å²) in [6.07, 6.45) is -10.8. The number of carboxylic acids is 1. The van der Waals surface area contributed by atoms with E-state index in [0.29, 0.717) is 12.8 Å². The minimum Gasteiger partial charge on any atom is -0.549 e. The molecule has 120 valence electrons. The van der Waals surface area contributed by atoms with Gasteiger partial charge in [0, 0.05) is 0 Å². The van der Waals surface area contributed by atoms with Crippen LogP contribution in [0.2, 0.25) is 0 Å². The third kappa shape index (κ3) is 5.98. The Morgan fingerprint density at radius 2 is 1.24 bits per heavy atom. The van der Waals surface area contributed by atoms with E-state index in [2.05, 4.69) is 0 Å². The molecule has 0 aliphatic carbocycles. The Hall–Kier alpha value is 0.0500. The second-order valence-corrected chi connectivity index (χ2v) is 4.71. The van der Waals surface area contributed by atoms with Gasteiger partial charge in [-0.3, -0.25) is 0 Å². The summed E-state index contributed by atoms with van der Waals surface area (Å²) >= 11 is 0. The van der Waals surface area contributed by atoms with Crippen LogP contribution in [-0.4, -0.2) is 18.3 Å². The van der Waals surface area contributed by atoms with Gasteiger partial charge in [-0.1, -0.05) is 45.4 Å². The molecule has 0 fully saturated rings. The van der Waals surface area contributed by atoms with Crippen LogP contribution < -0.4 is 34.7 Å². The number of carbonyl (C=O) groups is 1. The Labute approximate surface area is 141 Å². The third-order valence-electron chi connectivity index (χ3n) is 3.22. The molecule has 0 rings (SSSR count). The van der Waals surface area contributed by atoms with Gasteiger partial charge in [0.2, 0.25) is 0 Å². The molecule has 0 N–H and O–H groups in total. The Balaban J connectivity index is 0. The van der Waals surface area contributed by atoms with E-state index in [1.54, 1.807) is 0 Å². The van der Waals surface area contributed by atoms with Gasteiger partial charge in [-0.2, -0.15) is 26.3 Å². The van der Waals surface area contributed by atoms with E-state index in [-0.39, 0.29) is 36.0 Å². The number of hydrogen-bond donors (Lipinski definition) is 0. The second-order valence-electron chi connectivity index (χ2n) is 4.71. The molecule has 0 aliphatic heterocycles. The molecule has 0 amide bonds. The van der Waals surface area contributed by atoms with Crippen molar-refractivity contribution in [1.29, 1.82) is 0 Å². The van der Waals surface area contributed by atoms with E-state index in [4.69, 9.17) is 0 Å². The molecule has 0 aromatic rings. The Morgan fingerprint density at radius 1 is 0.857 bits per heavy atom. The summed E-state index contributed by atoms with van der Waals surface area (Å²) in [5.41, 5.74) is -4.77. The van der Waals surface area contributed by atoms with Gasteiger partial charge in [0.05, 0.1) is 5.97 Å². The van der Waals surface area contributed by atoms with Crippen LogP contribution in [0.25, 0.3) is 0 Å². The normalized spacial score (nSPS) is 12.9. The van der Waals surface area contributed by atoms with Crippen molar-refractivity contribution in [3.63, 3.8) is 0 Å². The quantitative estimate of drug-likeness (QED) is 0.372. The zero-order chi connectivity index (χ0) is 16.0. The maximum Gasteiger partial charge on any atom is 1.00 e.